The third-order valence-electron chi connectivity index (χ3n) is 1.94. The molecule has 0 fully saturated rings. The van der Waals surface area contributed by atoms with Crippen molar-refractivity contribution in [1.29, 1.82) is 0 Å². The van der Waals surface area contributed by atoms with Crippen LogP contribution >= 0.6 is 0 Å². The van der Waals surface area contributed by atoms with Crippen LogP contribution in [-0.4, -0.2) is 20.5 Å². The molecule has 3 N–H and O–H groups in total. The maximum Gasteiger partial charge on any atom is 0.229 e. The number of rotatable bonds is 4. The summed E-state index contributed by atoms with van der Waals surface area (Å²) in [5, 5.41) is 0. The van der Waals surface area contributed by atoms with E-state index in [1.165, 1.54) is 13.0 Å². The lowest BCUT2D eigenvalue weighted by Gasteiger charge is -2.08. The van der Waals surface area contributed by atoms with Crippen molar-refractivity contribution in [2.75, 3.05) is 11.0 Å². The van der Waals surface area contributed by atoms with Gasteiger partial charge in [-0.05, 0) is 30.7 Å². The molecule has 0 atom stereocenters. The van der Waals surface area contributed by atoms with Crippen molar-refractivity contribution in [2.24, 2.45) is 5.73 Å². The fourth-order valence-corrected chi connectivity index (χ4v) is 1.83. The van der Waals surface area contributed by atoms with E-state index in [1.807, 2.05) is 0 Å². The number of ketones is 1. The smallest absolute Gasteiger partial charge is 0.229 e. The van der Waals surface area contributed by atoms with Gasteiger partial charge in [-0.25, -0.2) is 8.42 Å². The maximum atomic E-state index is 11.2. The molecule has 0 aliphatic rings. The molecule has 0 heterocycles. The Labute approximate surface area is 94.7 Å². The predicted molar refractivity (Wildman–Crippen MR) is 62.8 cm³/mol. The molecule has 0 radical (unpaired) electrons. The highest BCUT2D eigenvalue weighted by Gasteiger charge is 2.07. The lowest BCUT2D eigenvalue weighted by Crippen LogP contribution is -2.11. The Hall–Kier alpha value is -1.40. The fourth-order valence-electron chi connectivity index (χ4n) is 1.29. The van der Waals surface area contributed by atoms with Crippen molar-refractivity contribution in [3.63, 3.8) is 0 Å². The molecule has 0 amide bonds. The van der Waals surface area contributed by atoms with Gasteiger partial charge in [-0.1, -0.05) is 0 Å². The molecule has 0 unspecified atom stereocenters. The second-order valence-corrected chi connectivity index (χ2v) is 5.30. The summed E-state index contributed by atoms with van der Waals surface area (Å²) >= 11 is 0. The number of nitrogens with one attached hydrogen (secondary N) is 1. The topological polar surface area (TPSA) is 89.3 Å². The zero-order valence-electron chi connectivity index (χ0n) is 9.15. The highest BCUT2D eigenvalue weighted by molar-refractivity contribution is 7.92. The van der Waals surface area contributed by atoms with Gasteiger partial charge in [-0.3, -0.25) is 9.52 Å². The van der Waals surface area contributed by atoms with E-state index in [1.54, 1.807) is 12.1 Å². The minimum Gasteiger partial charge on any atom is -0.326 e. The van der Waals surface area contributed by atoms with E-state index in [9.17, 15) is 13.2 Å². The molecule has 6 heteroatoms. The molecule has 1 aromatic carbocycles. The monoisotopic (exact) mass is 242 g/mol. The third kappa shape index (κ3) is 3.63. The second-order valence-electron chi connectivity index (χ2n) is 3.55. The summed E-state index contributed by atoms with van der Waals surface area (Å²) in [7, 11) is -3.35. The third-order valence-corrected chi connectivity index (χ3v) is 2.54. The van der Waals surface area contributed by atoms with Crippen LogP contribution in [0.3, 0.4) is 0 Å². The lowest BCUT2D eigenvalue weighted by atomic mass is 10.1. The quantitative estimate of drug-likeness (QED) is 0.761. The standard InChI is InChI=1S/C10H14N2O3S/c1-7(13)9-3-8(6-11)4-10(5-9)12-16(2,14)15/h3-5,12H,6,11H2,1-2H3. The first-order valence-corrected chi connectivity index (χ1v) is 6.54. The van der Waals surface area contributed by atoms with Crippen LogP contribution in [0.4, 0.5) is 5.69 Å². The molecule has 0 saturated heterocycles. The Kier molecular flexibility index (Phi) is 3.66. The number of hydrogen-bond acceptors (Lipinski definition) is 4. The summed E-state index contributed by atoms with van der Waals surface area (Å²) in [5.74, 6) is -0.133. The van der Waals surface area contributed by atoms with Gasteiger partial charge in [0.2, 0.25) is 10.0 Å². The van der Waals surface area contributed by atoms with E-state index < -0.39 is 10.0 Å². The van der Waals surface area contributed by atoms with Crippen molar-refractivity contribution in [3.05, 3.63) is 29.3 Å². The van der Waals surface area contributed by atoms with E-state index in [2.05, 4.69) is 4.72 Å². The SMILES string of the molecule is CC(=O)c1cc(CN)cc(NS(C)(=O)=O)c1. The fraction of sp³-hybridized carbons (Fsp3) is 0.300. The minimum atomic E-state index is -3.35. The first-order chi connectivity index (χ1) is 7.31. The highest BCUT2D eigenvalue weighted by atomic mass is 32.2. The number of hydrogen-bond donors (Lipinski definition) is 2. The van der Waals surface area contributed by atoms with Crippen LogP contribution in [0.5, 0.6) is 0 Å². The number of carbonyl (C=O) groups excluding carboxylic acids is 1. The molecule has 1 aromatic rings. The average molecular weight is 242 g/mol. The molecule has 0 aliphatic heterocycles. The normalized spacial score (nSPS) is 11.2. The van der Waals surface area contributed by atoms with E-state index in [0.29, 0.717) is 16.8 Å². The molecule has 0 spiro atoms. The largest absolute Gasteiger partial charge is 0.326 e. The van der Waals surface area contributed by atoms with Crippen LogP contribution in [0.25, 0.3) is 0 Å². The summed E-state index contributed by atoms with van der Waals surface area (Å²) in [4.78, 5) is 11.2. The number of carbonyl (C=O) groups is 1. The van der Waals surface area contributed by atoms with Gasteiger partial charge in [-0.2, -0.15) is 0 Å². The Bertz CT molecular complexity index is 509. The Morgan fingerprint density at radius 3 is 2.44 bits per heavy atom. The molecular formula is C10H14N2O3S. The Morgan fingerprint density at radius 2 is 2.00 bits per heavy atom. The van der Waals surface area contributed by atoms with Gasteiger partial charge >= 0.3 is 0 Å². The highest BCUT2D eigenvalue weighted by Crippen LogP contribution is 2.16. The molecule has 1 rings (SSSR count). The summed E-state index contributed by atoms with van der Waals surface area (Å²) in [5.41, 5.74) is 6.97. The van der Waals surface area contributed by atoms with Crippen LogP contribution in [0, 0.1) is 0 Å². The number of sulfonamides is 1. The van der Waals surface area contributed by atoms with Crippen LogP contribution < -0.4 is 10.5 Å². The zero-order valence-corrected chi connectivity index (χ0v) is 9.97. The van der Waals surface area contributed by atoms with Crippen molar-refractivity contribution in [2.45, 2.75) is 13.5 Å². The summed E-state index contributed by atoms with van der Waals surface area (Å²) in [6, 6.07) is 4.74. The first-order valence-electron chi connectivity index (χ1n) is 4.64. The molecule has 0 aromatic heterocycles. The van der Waals surface area contributed by atoms with E-state index >= 15 is 0 Å². The van der Waals surface area contributed by atoms with Crippen LogP contribution in [0.1, 0.15) is 22.8 Å². The minimum absolute atomic E-state index is 0.133. The van der Waals surface area contributed by atoms with Gasteiger partial charge in [0.15, 0.2) is 5.78 Å². The van der Waals surface area contributed by atoms with Gasteiger partial charge in [0, 0.05) is 17.8 Å². The van der Waals surface area contributed by atoms with Crippen LogP contribution in [-0.2, 0) is 16.6 Å². The number of Topliss-reactive ketones (excluding diaryl/α,β-unsaturated/α-hetero) is 1. The predicted octanol–water partition coefficient (Wildman–Crippen LogP) is 0.719. The number of nitrogens with two attached hydrogens (primary N) is 1. The van der Waals surface area contributed by atoms with Crippen molar-refractivity contribution >= 4 is 21.5 Å². The van der Waals surface area contributed by atoms with E-state index in [-0.39, 0.29) is 12.3 Å². The summed E-state index contributed by atoms with van der Waals surface area (Å²) in [6.07, 6.45) is 1.05. The van der Waals surface area contributed by atoms with Gasteiger partial charge in [0.1, 0.15) is 0 Å². The molecule has 88 valence electrons. The van der Waals surface area contributed by atoms with Crippen LogP contribution in [0.15, 0.2) is 18.2 Å². The molecule has 5 nitrogen and oxygen atoms in total. The second kappa shape index (κ2) is 4.63. The van der Waals surface area contributed by atoms with Crippen molar-refractivity contribution in [3.8, 4) is 0 Å². The molecule has 0 bridgehead atoms. The lowest BCUT2D eigenvalue weighted by molar-refractivity contribution is 0.101. The van der Waals surface area contributed by atoms with Gasteiger partial charge in [0.25, 0.3) is 0 Å². The first kappa shape index (κ1) is 12.7. The summed E-state index contributed by atoms with van der Waals surface area (Å²) in [6.45, 7) is 1.67. The van der Waals surface area contributed by atoms with Gasteiger partial charge in [-0.15, -0.1) is 0 Å². The number of anilines is 1. The van der Waals surface area contributed by atoms with Crippen LogP contribution in [0.2, 0.25) is 0 Å². The van der Waals surface area contributed by atoms with Gasteiger partial charge < -0.3 is 5.73 Å². The van der Waals surface area contributed by atoms with E-state index in [0.717, 1.165) is 6.26 Å². The molecular weight excluding hydrogens is 228 g/mol. The molecule has 0 aliphatic carbocycles. The van der Waals surface area contributed by atoms with Crippen molar-refractivity contribution in [1.82, 2.24) is 0 Å². The number of benzene rings is 1. The molecule has 0 saturated carbocycles. The molecule has 16 heavy (non-hydrogen) atoms. The zero-order chi connectivity index (χ0) is 12.3. The average Bonchev–Trinajstić information content (AvgIpc) is 2.14. The maximum absolute atomic E-state index is 11.2. The summed E-state index contributed by atoms with van der Waals surface area (Å²) < 4.78 is 24.4. The van der Waals surface area contributed by atoms with Gasteiger partial charge in [0.05, 0.1) is 6.26 Å². The van der Waals surface area contributed by atoms with E-state index in [4.69, 9.17) is 5.73 Å². The Morgan fingerprint density at radius 1 is 1.38 bits per heavy atom. The van der Waals surface area contributed by atoms with Crippen molar-refractivity contribution < 1.29 is 13.2 Å². The Balaban J connectivity index is 3.19.